The van der Waals surface area contributed by atoms with Crippen molar-refractivity contribution in [3.63, 3.8) is 0 Å². The van der Waals surface area contributed by atoms with Crippen molar-refractivity contribution in [2.24, 2.45) is 5.10 Å². The van der Waals surface area contributed by atoms with Crippen LogP contribution in [0.1, 0.15) is 12.6 Å². The monoisotopic (exact) mass is 338 g/mol. The molecule has 1 aromatic carbocycles. The van der Waals surface area contributed by atoms with Crippen molar-refractivity contribution in [1.29, 1.82) is 0 Å². The first-order chi connectivity index (χ1) is 10.1. The number of hydrogen-bond donors (Lipinski definition) is 2. The van der Waals surface area contributed by atoms with Crippen LogP contribution in [0.25, 0.3) is 0 Å². The summed E-state index contributed by atoms with van der Waals surface area (Å²) in [6.07, 6.45) is 1.71. The van der Waals surface area contributed by atoms with E-state index in [0.717, 1.165) is 11.4 Å². The van der Waals surface area contributed by atoms with E-state index in [4.69, 9.17) is 35.4 Å². The van der Waals surface area contributed by atoms with Gasteiger partial charge in [-0.05, 0) is 49.5 Å². The molecule has 0 radical (unpaired) electrons. The van der Waals surface area contributed by atoms with Crippen LogP contribution in [0.5, 0.6) is 0 Å². The molecule has 0 fully saturated rings. The maximum atomic E-state index is 6.04. The minimum Gasteiger partial charge on any atom is -0.330 e. The highest BCUT2D eigenvalue weighted by molar-refractivity contribution is 7.80. The Labute approximate surface area is 138 Å². The van der Waals surface area contributed by atoms with Crippen molar-refractivity contribution in [3.8, 4) is 0 Å². The number of aromatic nitrogens is 1. The van der Waals surface area contributed by atoms with Crippen LogP contribution in [-0.4, -0.2) is 15.8 Å². The number of hydrogen-bond acceptors (Lipinski definition) is 3. The molecule has 0 amide bonds. The lowest BCUT2D eigenvalue weighted by Crippen LogP contribution is -2.25. The summed E-state index contributed by atoms with van der Waals surface area (Å²) < 4.78 is 0. The molecular weight excluding hydrogens is 327 g/mol. The summed E-state index contributed by atoms with van der Waals surface area (Å²) in [5.74, 6) is 0. The van der Waals surface area contributed by atoms with Gasteiger partial charge >= 0.3 is 0 Å². The molecule has 0 unspecified atom stereocenters. The van der Waals surface area contributed by atoms with Gasteiger partial charge in [0, 0.05) is 11.2 Å². The molecule has 0 spiro atoms. The first kappa shape index (κ1) is 15.7. The molecule has 0 saturated heterocycles. The molecule has 21 heavy (non-hydrogen) atoms. The molecule has 1 aromatic heterocycles. The van der Waals surface area contributed by atoms with E-state index in [1.807, 2.05) is 25.1 Å². The molecule has 1 heterocycles. The Hall–Kier alpha value is -1.69. The minimum absolute atomic E-state index is 0.314. The minimum atomic E-state index is 0.314. The lowest BCUT2D eigenvalue weighted by molar-refractivity contribution is 1.03. The number of nitrogens with zero attached hydrogens (tertiary/aromatic N) is 2. The summed E-state index contributed by atoms with van der Waals surface area (Å²) in [5.41, 5.74) is 4.85. The molecule has 2 rings (SSSR count). The van der Waals surface area contributed by atoms with Crippen LogP contribution in [0.3, 0.4) is 0 Å². The first-order valence-corrected chi connectivity index (χ1v) is 7.20. The van der Waals surface area contributed by atoms with Crippen molar-refractivity contribution in [2.45, 2.75) is 6.92 Å². The number of thiocarbonyl (C=S) groups is 1. The fourth-order valence-electron chi connectivity index (χ4n) is 1.51. The van der Waals surface area contributed by atoms with E-state index in [9.17, 15) is 0 Å². The lowest BCUT2D eigenvalue weighted by atomic mass is 10.3. The van der Waals surface area contributed by atoms with Crippen molar-refractivity contribution >= 4 is 51.9 Å². The number of pyridine rings is 1. The Kier molecular flexibility index (Phi) is 5.50. The Balaban J connectivity index is 2.01. The van der Waals surface area contributed by atoms with Crippen molar-refractivity contribution in [2.75, 3.05) is 5.32 Å². The van der Waals surface area contributed by atoms with Crippen LogP contribution >= 0.6 is 35.4 Å². The van der Waals surface area contributed by atoms with Crippen LogP contribution in [0, 0.1) is 0 Å². The van der Waals surface area contributed by atoms with Crippen molar-refractivity contribution in [3.05, 3.63) is 58.3 Å². The number of halogens is 2. The average Bonchev–Trinajstić information content (AvgIpc) is 2.49. The van der Waals surface area contributed by atoms with Gasteiger partial charge in [-0.15, -0.1) is 0 Å². The summed E-state index contributed by atoms with van der Waals surface area (Å²) in [5, 5.41) is 8.51. The number of anilines is 1. The summed E-state index contributed by atoms with van der Waals surface area (Å²) in [7, 11) is 0. The van der Waals surface area contributed by atoms with Crippen molar-refractivity contribution < 1.29 is 0 Å². The summed E-state index contributed by atoms with van der Waals surface area (Å²) in [6, 6.07) is 10.7. The zero-order chi connectivity index (χ0) is 15.2. The van der Waals surface area contributed by atoms with E-state index in [1.54, 1.807) is 24.4 Å². The van der Waals surface area contributed by atoms with Crippen LogP contribution in [0.2, 0.25) is 10.0 Å². The molecule has 0 atom stereocenters. The van der Waals surface area contributed by atoms with E-state index in [2.05, 4.69) is 20.8 Å². The molecule has 108 valence electrons. The van der Waals surface area contributed by atoms with Gasteiger partial charge in [0.2, 0.25) is 0 Å². The Morgan fingerprint density at radius 1 is 1.24 bits per heavy atom. The molecule has 0 aliphatic rings. The molecular formula is C14H12Cl2N4S. The van der Waals surface area contributed by atoms with Gasteiger partial charge in [-0.1, -0.05) is 29.3 Å². The lowest BCUT2D eigenvalue weighted by Gasteiger charge is -2.09. The van der Waals surface area contributed by atoms with Gasteiger partial charge in [0.05, 0.1) is 22.1 Å². The summed E-state index contributed by atoms with van der Waals surface area (Å²) in [4.78, 5) is 4.19. The second-order valence-electron chi connectivity index (χ2n) is 4.10. The van der Waals surface area contributed by atoms with Gasteiger partial charge < -0.3 is 5.32 Å². The van der Waals surface area contributed by atoms with Gasteiger partial charge in [-0.3, -0.25) is 10.4 Å². The first-order valence-electron chi connectivity index (χ1n) is 6.04. The highest BCUT2D eigenvalue weighted by atomic mass is 35.5. The highest BCUT2D eigenvalue weighted by Crippen LogP contribution is 2.25. The predicted octanol–water partition coefficient (Wildman–Crippen LogP) is 4.10. The normalized spacial score (nSPS) is 11.1. The highest BCUT2D eigenvalue weighted by Gasteiger charge is 2.04. The van der Waals surface area contributed by atoms with Gasteiger partial charge in [-0.25, -0.2) is 0 Å². The zero-order valence-corrected chi connectivity index (χ0v) is 13.4. The van der Waals surface area contributed by atoms with E-state index in [1.165, 1.54) is 0 Å². The quantitative estimate of drug-likeness (QED) is 0.502. The van der Waals surface area contributed by atoms with Gasteiger partial charge in [0.1, 0.15) is 0 Å². The topological polar surface area (TPSA) is 49.3 Å². The van der Waals surface area contributed by atoms with Crippen LogP contribution in [0.15, 0.2) is 47.7 Å². The fraction of sp³-hybridized carbons (Fsp3) is 0.0714. The molecule has 7 heteroatoms. The number of hydrazone groups is 1. The standard InChI is InChI=1S/C14H12Cl2N4S/c1-9(12-4-2-3-7-17-12)19-20-14(21)18-13-8-10(15)5-6-11(13)16/h2-8H,1H3,(H2,18,20,21)/b19-9+. The van der Waals surface area contributed by atoms with E-state index in [0.29, 0.717) is 20.8 Å². The third-order valence-electron chi connectivity index (χ3n) is 2.54. The Morgan fingerprint density at radius 2 is 2.05 bits per heavy atom. The predicted molar refractivity (Wildman–Crippen MR) is 92.3 cm³/mol. The van der Waals surface area contributed by atoms with E-state index in [-0.39, 0.29) is 0 Å². The van der Waals surface area contributed by atoms with Crippen LogP contribution < -0.4 is 10.7 Å². The SMILES string of the molecule is C/C(=N\NC(=S)Nc1cc(Cl)ccc1Cl)c1ccccn1. The second-order valence-corrected chi connectivity index (χ2v) is 5.35. The fourth-order valence-corrected chi connectivity index (χ4v) is 2.00. The van der Waals surface area contributed by atoms with Gasteiger partial charge in [-0.2, -0.15) is 5.10 Å². The molecule has 0 aliphatic carbocycles. The summed E-state index contributed by atoms with van der Waals surface area (Å²) >= 11 is 17.1. The third-order valence-corrected chi connectivity index (χ3v) is 3.30. The van der Waals surface area contributed by atoms with E-state index >= 15 is 0 Å². The second kappa shape index (κ2) is 7.36. The Morgan fingerprint density at radius 3 is 2.76 bits per heavy atom. The number of benzene rings is 1. The van der Waals surface area contributed by atoms with Gasteiger partial charge in [0.25, 0.3) is 0 Å². The van der Waals surface area contributed by atoms with Crippen LogP contribution in [-0.2, 0) is 0 Å². The van der Waals surface area contributed by atoms with E-state index < -0.39 is 0 Å². The molecule has 4 nitrogen and oxygen atoms in total. The number of rotatable bonds is 3. The maximum Gasteiger partial charge on any atom is 0.191 e. The van der Waals surface area contributed by atoms with Crippen molar-refractivity contribution in [1.82, 2.24) is 10.4 Å². The largest absolute Gasteiger partial charge is 0.330 e. The van der Waals surface area contributed by atoms with Crippen LogP contribution in [0.4, 0.5) is 5.69 Å². The molecule has 0 bridgehead atoms. The molecule has 0 aliphatic heterocycles. The maximum absolute atomic E-state index is 6.04. The van der Waals surface area contributed by atoms with Gasteiger partial charge in [0.15, 0.2) is 5.11 Å². The zero-order valence-electron chi connectivity index (χ0n) is 11.1. The molecule has 2 aromatic rings. The molecule has 2 N–H and O–H groups in total. The smallest absolute Gasteiger partial charge is 0.191 e. The third kappa shape index (κ3) is 4.67. The molecule has 0 saturated carbocycles. The summed E-state index contributed by atoms with van der Waals surface area (Å²) in [6.45, 7) is 1.84. The number of nitrogens with one attached hydrogen (secondary N) is 2. The average molecular weight is 339 g/mol. The Bertz CT molecular complexity index is 674.